The molecule has 19 heavy (non-hydrogen) atoms. The van der Waals surface area contributed by atoms with Gasteiger partial charge in [0.2, 0.25) is 0 Å². The van der Waals surface area contributed by atoms with E-state index in [-0.39, 0.29) is 0 Å². The van der Waals surface area contributed by atoms with Crippen molar-refractivity contribution in [2.24, 2.45) is 11.8 Å². The van der Waals surface area contributed by atoms with Crippen LogP contribution in [0.4, 0.5) is 0 Å². The van der Waals surface area contributed by atoms with E-state index in [4.69, 9.17) is 0 Å². The molecule has 0 unspecified atom stereocenters. The Morgan fingerprint density at radius 3 is 2.16 bits per heavy atom. The minimum absolute atomic E-state index is 0.730. The largest absolute Gasteiger partial charge is 0.0654 e. The van der Waals surface area contributed by atoms with Gasteiger partial charge in [-0.15, -0.1) is 0 Å². The molecule has 0 bridgehead atoms. The summed E-state index contributed by atoms with van der Waals surface area (Å²) in [5, 5.41) is 0. The van der Waals surface area contributed by atoms with Gasteiger partial charge in [0, 0.05) is 0 Å². The maximum absolute atomic E-state index is 2.41. The minimum atomic E-state index is 0.730. The Balaban J connectivity index is 1.80. The summed E-state index contributed by atoms with van der Waals surface area (Å²) in [6, 6.07) is 9.15. The second-order valence-electron chi connectivity index (χ2n) is 6.72. The van der Waals surface area contributed by atoms with Gasteiger partial charge in [-0.1, -0.05) is 82.2 Å². The third-order valence-corrected chi connectivity index (χ3v) is 5.00. The van der Waals surface area contributed by atoms with Gasteiger partial charge in [0.15, 0.2) is 0 Å². The van der Waals surface area contributed by atoms with Crippen LogP contribution in [0.3, 0.4) is 0 Å². The normalized spacial score (nSPS) is 25.2. The van der Waals surface area contributed by atoms with Crippen molar-refractivity contribution in [3.63, 3.8) is 0 Å². The molecular formula is C19H30. The molecule has 1 fully saturated rings. The molecule has 1 atom stereocenters. The van der Waals surface area contributed by atoms with Crippen molar-refractivity contribution in [1.29, 1.82) is 0 Å². The van der Waals surface area contributed by atoms with Gasteiger partial charge in [-0.3, -0.25) is 0 Å². The summed E-state index contributed by atoms with van der Waals surface area (Å²) < 4.78 is 0. The monoisotopic (exact) mass is 258 g/mol. The summed E-state index contributed by atoms with van der Waals surface area (Å²) in [6.45, 7) is 6.90. The van der Waals surface area contributed by atoms with Gasteiger partial charge in [-0.25, -0.2) is 0 Å². The van der Waals surface area contributed by atoms with E-state index >= 15 is 0 Å². The highest BCUT2D eigenvalue weighted by Crippen LogP contribution is 2.36. The molecule has 1 aromatic carbocycles. The quantitative estimate of drug-likeness (QED) is 0.599. The topological polar surface area (TPSA) is 0 Å². The molecule has 0 spiro atoms. The first-order valence-corrected chi connectivity index (χ1v) is 8.25. The highest BCUT2D eigenvalue weighted by molar-refractivity contribution is 5.24. The predicted octanol–water partition coefficient (Wildman–Crippen LogP) is 6.10. The minimum Gasteiger partial charge on any atom is -0.0654 e. The van der Waals surface area contributed by atoms with Crippen molar-refractivity contribution in [2.75, 3.05) is 0 Å². The summed E-state index contributed by atoms with van der Waals surface area (Å²) in [5.41, 5.74) is 2.90. The summed E-state index contributed by atoms with van der Waals surface area (Å²) >= 11 is 0. The lowest BCUT2D eigenvalue weighted by Crippen LogP contribution is -2.16. The summed E-state index contributed by atoms with van der Waals surface area (Å²) in [6.07, 6.45) is 10.1. The molecule has 1 aromatic rings. The van der Waals surface area contributed by atoms with Crippen LogP contribution in [0.2, 0.25) is 0 Å². The number of benzene rings is 1. The molecule has 106 valence electrons. The predicted molar refractivity (Wildman–Crippen MR) is 84.6 cm³/mol. The Labute approximate surface area is 119 Å². The van der Waals surface area contributed by atoms with Crippen LogP contribution in [0.15, 0.2) is 24.3 Å². The molecule has 1 aliphatic carbocycles. The zero-order valence-corrected chi connectivity index (χ0v) is 13.0. The standard InChI is InChI=1S/C19H30/c1-4-5-17-8-10-18(11-9-17)14-16(3)19-12-6-15(2)7-13-19/h6-7,12-13,16-18H,4-5,8-11,14H2,1-3H3/t16-,17?,18?/m1/s1. The number of hydrogen-bond acceptors (Lipinski definition) is 0. The van der Waals surface area contributed by atoms with Gasteiger partial charge in [-0.2, -0.15) is 0 Å². The first-order chi connectivity index (χ1) is 9.19. The third kappa shape index (κ3) is 4.37. The average Bonchev–Trinajstić information content (AvgIpc) is 2.42. The fourth-order valence-corrected chi connectivity index (χ4v) is 3.70. The highest BCUT2D eigenvalue weighted by atomic mass is 14.3. The van der Waals surface area contributed by atoms with Crippen LogP contribution in [0, 0.1) is 18.8 Å². The Kier molecular flexibility index (Phi) is 5.48. The van der Waals surface area contributed by atoms with Crippen LogP contribution in [-0.4, -0.2) is 0 Å². The Bertz CT molecular complexity index is 354. The van der Waals surface area contributed by atoms with E-state index < -0.39 is 0 Å². The van der Waals surface area contributed by atoms with Crippen molar-refractivity contribution < 1.29 is 0 Å². The van der Waals surface area contributed by atoms with E-state index in [2.05, 4.69) is 45.0 Å². The molecule has 0 aliphatic heterocycles. The van der Waals surface area contributed by atoms with Crippen LogP contribution in [-0.2, 0) is 0 Å². The third-order valence-electron chi connectivity index (χ3n) is 5.00. The van der Waals surface area contributed by atoms with Crippen LogP contribution < -0.4 is 0 Å². The van der Waals surface area contributed by atoms with E-state index in [9.17, 15) is 0 Å². The first-order valence-electron chi connectivity index (χ1n) is 8.25. The van der Waals surface area contributed by atoms with Gasteiger partial charge in [-0.05, 0) is 36.7 Å². The van der Waals surface area contributed by atoms with E-state index in [0.717, 1.165) is 17.8 Å². The van der Waals surface area contributed by atoms with E-state index in [1.165, 1.54) is 56.1 Å². The average molecular weight is 258 g/mol. The van der Waals surface area contributed by atoms with E-state index in [0.29, 0.717) is 0 Å². The molecule has 0 N–H and O–H groups in total. The summed E-state index contributed by atoms with van der Waals surface area (Å²) in [7, 11) is 0. The first kappa shape index (κ1) is 14.6. The zero-order valence-electron chi connectivity index (χ0n) is 13.0. The van der Waals surface area contributed by atoms with Gasteiger partial charge in [0.05, 0.1) is 0 Å². The summed E-state index contributed by atoms with van der Waals surface area (Å²) in [4.78, 5) is 0. The zero-order chi connectivity index (χ0) is 13.7. The lowest BCUT2D eigenvalue weighted by atomic mass is 9.76. The van der Waals surface area contributed by atoms with Gasteiger partial charge >= 0.3 is 0 Å². The molecule has 0 amide bonds. The van der Waals surface area contributed by atoms with Crippen LogP contribution in [0.1, 0.15) is 75.8 Å². The lowest BCUT2D eigenvalue weighted by Gasteiger charge is -2.30. The molecule has 0 nitrogen and oxygen atoms in total. The Hall–Kier alpha value is -0.780. The van der Waals surface area contributed by atoms with Crippen molar-refractivity contribution in [3.05, 3.63) is 35.4 Å². The van der Waals surface area contributed by atoms with Crippen LogP contribution >= 0.6 is 0 Å². The fraction of sp³-hybridized carbons (Fsp3) is 0.684. The summed E-state index contributed by atoms with van der Waals surface area (Å²) in [5.74, 6) is 2.74. The van der Waals surface area contributed by atoms with Gasteiger partial charge < -0.3 is 0 Å². The maximum atomic E-state index is 2.41. The van der Waals surface area contributed by atoms with E-state index in [1.54, 1.807) is 0 Å². The Morgan fingerprint density at radius 1 is 1.00 bits per heavy atom. The second-order valence-corrected chi connectivity index (χ2v) is 6.72. The van der Waals surface area contributed by atoms with E-state index in [1.807, 2.05) is 0 Å². The van der Waals surface area contributed by atoms with Crippen molar-refractivity contribution in [2.45, 2.75) is 71.6 Å². The number of aryl methyl sites for hydroxylation is 1. The Morgan fingerprint density at radius 2 is 1.58 bits per heavy atom. The molecule has 2 rings (SSSR count). The molecule has 0 aromatic heterocycles. The maximum Gasteiger partial charge on any atom is -0.0188 e. The van der Waals surface area contributed by atoms with Gasteiger partial charge in [0.1, 0.15) is 0 Å². The highest BCUT2D eigenvalue weighted by Gasteiger charge is 2.22. The van der Waals surface area contributed by atoms with Crippen LogP contribution in [0.25, 0.3) is 0 Å². The molecule has 0 radical (unpaired) electrons. The van der Waals surface area contributed by atoms with Crippen LogP contribution in [0.5, 0.6) is 0 Å². The molecule has 0 saturated heterocycles. The molecule has 1 saturated carbocycles. The lowest BCUT2D eigenvalue weighted by molar-refractivity contribution is 0.244. The molecule has 0 heteroatoms. The molecule has 0 heterocycles. The molecular weight excluding hydrogens is 228 g/mol. The van der Waals surface area contributed by atoms with Crippen molar-refractivity contribution >= 4 is 0 Å². The SMILES string of the molecule is CCCC1CCC(C[C@@H](C)c2ccc(C)cc2)CC1. The van der Waals surface area contributed by atoms with Crippen molar-refractivity contribution in [3.8, 4) is 0 Å². The smallest absolute Gasteiger partial charge is 0.0188 e. The van der Waals surface area contributed by atoms with Gasteiger partial charge in [0.25, 0.3) is 0 Å². The number of rotatable bonds is 5. The molecule has 1 aliphatic rings. The number of hydrogen-bond donors (Lipinski definition) is 0. The fourth-order valence-electron chi connectivity index (χ4n) is 3.70. The second kappa shape index (κ2) is 7.12. The van der Waals surface area contributed by atoms with Crippen molar-refractivity contribution in [1.82, 2.24) is 0 Å².